The van der Waals surface area contributed by atoms with Crippen molar-refractivity contribution in [1.29, 1.82) is 0 Å². The molecule has 0 aliphatic carbocycles. The molecule has 3 amide bonds. The maximum atomic E-state index is 12.0. The molecule has 1 fully saturated rings. The number of benzene rings is 1. The zero-order chi connectivity index (χ0) is 15.2. The molecule has 1 atom stereocenters. The minimum atomic E-state index is -1.13. The maximum absolute atomic E-state index is 12.0. The minimum absolute atomic E-state index is 0.0692. The molecule has 1 aliphatic heterocycles. The molecule has 0 saturated carbocycles. The number of piperazine rings is 1. The Labute approximate surface area is 121 Å². The van der Waals surface area contributed by atoms with Crippen molar-refractivity contribution in [2.24, 2.45) is 0 Å². The molecule has 0 radical (unpaired) electrons. The van der Waals surface area contributed by atoms with Gasteiger partial charge in [0.05, 0.1) is 0 Å². The molecule has 1 heterocycles. The second-order valence-electron chi connectivity index (χ2n) is 4.75. The Kier molecular flexibility index (Phi) is 4.76. The Hall–Kier alpha value is -2.57. The lowest BCUT2D eigenvalue weighted by molar-refractivity contribution is -0.144. The highest BCUT2D eigenvalue weighted by molar-refractivity contribution is 5.90. The first kappa shape index (κ1) is 14.8. The highest BCUT2D eigenvalue weighted by atomic mass is 16.4. The largest absolute Gasteiger partial charge is 0.480 e. The number of hydrogen-bond donors (Lipinski definition) is 3. The first-order valence-corrected chi connectivity index (χ1v) is 6.66. The average molecular weight is 291 g/mol. The van der Waals surface area contributed by atoms with Crippen LogP contribution in [-0.2, 0) is 16.0 Å². The summed E-state index contributed by atoms with van der Waals surface area (Å²) >= 11 is 0. The summed E-state index contributed by atoms with van der Waals surface area (Å²) in [6, 6.07) is 8.05. The van der Waals surface area contributed by atoms with Crippen molar-refractivity contribution in [2.75, 3.05) is 19.6 Å². The van der Waals surface area contributed by atoms with Gasteiger partial charge in [-0.1, -0.05) is 30.3 Å². The van der Waals surface area contributed by atoms with Gasteiger partial charge in [-0.3, -0.25) is 9.69 Å². The smallest absolute Gasteiger partial charge is 0.328 e. The van der Waals surface area contributed by atoms with Gasteiger partial charge in [0.2, 0.25) is 5.91 Å². The van der Waals surface area contributed by atoms with Crippen LogP contribution >= 0.6 is 0 Å². The van der Waals surface area contributed by atoms with Gasteiger partial charge in [-0.2, -0.15) is 0 Å². The fourth-order valence-corrected chi connectivity index (χ4v) is 2.14. The van der Waals surface area contributed by atoms with E-state index in [2.05, 4.69) is 10.6 Å². The van der Waals surface area contributed by atoms with Crippen molar-refractivity contribution in [3.05, 3.63) is 35.9 Å². The Bertz CT molecular complexity index is 532. The number of amides is 3. The van der Waals surface area contributed by atoms with Crippen LogP contribution in [0.15, 0.2) is 30.3 Å². The number of nitrogens with zero attached hydrogens (tertiary/aromatic N) is 1. The summed E-state index contributed by atoms with van der Waals surface area (Å²) < 4.78 is 0. The number of carboxylic acids is 1. The number of carbonyl (C=O) groups excluding carboxylic acids is 2. The van der Waals surface area contributed by atoms with Crippen LogP contribution in [-0.4, -0.2) is 53.6 Å². The van der Waals surface area contributed by atoms with Gasteiger partial charge in [0.15, 0.2) is 0 Å². The molecule has 7 heteroatoms. The van der Waals surface area contributed by atoms with Crippen LogP contribution in [0, 0.1) is 0 Å². The van der Waals surface area contributed by atoms with Crippen molar-refractivity contribution in [3.63, 3.8) is 0 Å². The highest BCUT2D eigenvalue weighted by Crippen LogP contribution is 2.05. The fraction of sp³-hybridized carbons (Fsp3) is 0.357. The Balaban J connectivity index is 1.88. The standard InChI is InChI=1S/C14H17N3O4/c18-12-9-17(11(8-16-12)13(19)20)14(21)15-7-6-10-4-2-1-3-5-10/h1-5,11H,6-9H2,(H,15,21)(H,16,18)(H,19,20). The summed E-state index contributed by atoms with van der Waals surface area (Å²) in [6.07, 6.45) is 0.643. The number of carboxylic acid groups (broad SMARTS) is 1. The van der Waals surface area contributed by atoms with Crippen LogP contribution in [0.2, 0.25) is 0 Å². The summed E-state index contributed by atoms with van der Waals surface area (Å²) in [5, 5.41) is 14.2. The zero-order valence-electron chi connectivity index (χ0n) is 11.4. The Morgan fingerprint density at radius 3 is 2.71 bits per heavy atom. The van der Waals surface area contributed by atoms with Gasteiger partial charge in [-0.05, 0) is 12.0 Å². The summed E-state index contributed by atoms with van der Waals surface area (Å²) in [4.78, 5) is 35.5. The van der Waals surface area contributed by atoms with E-state index in [0.29, 0.717) is 13.0 Å². The lowest BCUT2D eigenvalue weighted by Crippen LogP contribution is -2.61. The number of nitrogens with one attached hydrogen (secondary N) is 2. The molecule has 3 N–H and O–H groups in total. The van der Waals surface area contributed by atoms with Crippen LogP contribution in [0.5, 0.6) is 0 Å². The van der Waals surface area contributed by atoms with Crippen LogP contribution in [0.4, 0.5) is 4.79 Å². The molecular weight excluding hydrogens is 274 g/mol. The monoisotopic (exact) mass is 291 g/mol. The molecule has 2 rings (SSSR count). The second kappa shape index (κ2) is 6.74. The third kappa shape index (κ3) is 3.95. The van der Waals surface area contributed by atoms with Crippen LogP contribution in [0.3, 0.4) is 0 Å². The van der Waals surface area contributed by atoms with E-state index >= 15 is 0 Å². The van der Waals surface area contributed by atoms with Crippen molar-refractivity contribution < 1.29 is 19.5 Å². The molecule has 1 saturated heterocycles. The summed E-state index contributed by atoms with van der Waals surface area (Å²) in [5.41, 5.74) is 1.07. The number of hydrogen-bond acceptors (Lipinski definition) is 3. The lowest BCUT2D eigenvalue weighted by Gasteiger charge is -2.32. The van der Waals surface area contributed by atoms with E-state index in [-0.39, 0.29) is 19.0 Å². The molecule has 1 aromatic rings. The molecule has 0 bridgehead atoms. The van der Waals surface area contributed by atoms with Crippen LogP contribution < -0.4 is 10.6 Å². The van der Waals surface area contributed by atoms with E-state index in [0.717, 1.165) is 10.5 Å². The summed E-state index contributed by atoms with van der Waals surface area (Å²) in [7, 11) is 0. The predicted molar refractivity (Wildman–Crippen MR) is 74.7 cm³/mol. The first-order chi connectivity index (χ1) is 10.1. The second-order valence-corrected chi connectivity index (χ2v) is 4.75. The van der Waals surface area contributed by atoms with Gasteiger partial charge < -0.3 is 15.7 Å². The average Bonchev–Trinajstić information content (AvgIpc) is 2.47. The number of carbonyl (C=O) groups is 3. The van der Waals surface area contributed by atoms with Crippen molar-refractivity contribution in [2.45, 2.75) is 12.5 Å². The van der Waals surface area contributed by atoms with Crippen molar-refractivity contribution >= 4 is 17.9 Å². The summed E-state index contributed by atoms with van der Waals surface area (Å²) in [6.45, 7) is 0.0711. The van der Waals surface area contributed by atoms with Crippen LogP contribution in [0.1, 0.15) is 5.56 Å². The summed E-state index contributed by atoms with van der Waals surface area (Å²) in [5.74, 6) is -1.49. The molecule has 1 unspecified atom stereocenters. The van der Waals surface area contributed by atoms with E-state index in [4.69, 9.17) is 5.11 Å². The van der Waals surface area contributed by atoms with Gasteiger partial charge in [0.1, 0.15) is 12.6 Å². The molecule has 0 aromatic heterocycles. The minimum Gasteiger partial charge on any atom is -0.480 e. The van der Waals surface area contributed by atoms with Gasteiger partial charge in [0, 0.05) is 13.1 Å². The predicted octanol–water partition coefficient (Wildman–Crippen LogP) is -0.176. The van der Waals surface area contributed by atoms with Crippen LogP contribution in [0.25, 0.3) is 0 Å². The van der Waals surface area contributed by atoms with Crippen molar-refractivity contribution in [1.82, 2.24) is 15.5 Å². The number of aliphatic carboxylic acids is 1. The first-order valence-electron chi connectivity index (χ1n) is 6.66. The molecule has 1 aliphatic rings. The van der Waals surface area contributed by atoms with Gasteiger partial charge >= 0.3 is 12.0 Å². The quantitative estimate of drug-likeness (QED) is 0.717. The SMILES string of the molecule is O=C1CN(C(=O)NCCc2ccccc2)C(C(=O)O)CN1. The van der Waals surface area contributed by atoms with Gasteiger partial charge in [-0.25, -0.2) is 9.59 Å². The number of urea groups is 1. The lowest BCUT2D eigenvalue weighted by atomic mass is 10.1. The third-order valence-corrected chi connectivity index (χ3v) is 3.26. The van der Waals surface area contributed by atoms with E-state index in [9.17, 15) is 14.4 Å². The van der Waals surface area contributed by atoms with Crippen molar-refractivity contribution in [3.8, 4) is 0 Å². The normalized spacial score (nSPS) is 18.0. The maximum Gasteiger partial charge on any atom is 0.328 e. The Morgan fingerprint density at radius 1 is 1.33 bits per heavy atom. The molecule has 7 nitrogen and oxygen atoms in total. The van der Waals surface area contributed by atoms with E-state index < -0.39 is 18.0 Å². The van der Waals surface area contributed by atoms with E-state index in [1.165, 1.54) is 0 Å². The molecule has 1 aromatic carbocycles. The third-order valence-electron chi connectivity index (χ3n) is 3.26. The fourth-order valence-electron chi connectivity index (χ4n) is 2.14. The topological polar surface area (TPSA) is 98.7 Å². The Morgan fingerprint density at radius 2 is 2.05 bits per heavy atom. The zero-order valence-corrected chi connectivity index (χ0v) is 11.4. The van der Waals surface area contributed by atoms with E-state index in [1.807, 2.05) is 30.3 Å². The molecule has 21 heavy (non-hydrogen) atoms. The molecular formula is C14H17N3O4. The van der Waals surface area contributed by atoms with Gasteiger partial charge in [-0.15, -0.1) is 0 Å². The highest BCUT2D eigenvalue weighted by Gasteiger charge is 2.34. The number of rotatable bonds is 4. The molecule has 0 spiro atoms. The molecule has 112 valence electrons. The van der Waals surface area contributed by atoms with E-state index in [1.54, 1.807) is 0 Å². The van der Waals surface area contributed by atoms with Gasteiger partial charge in [0.25, 0.3) is 0 Å².